The number of aromatic nitrogens is 2. The Labute approximate surface area is 158 Å². The Balaban J connectivity index is 1.51. The SMILES string of the molecule is COc1cccc(C2CC(c3nc(-c4cccc(C(F)(F)F)c4)no3)NN2)c1. The van der Waals surface area contributed by atoms with Gasteiger partial charge in [0.15, 0.2) is 0 Å². The van der Waals surface area contributed by atoms with Gasteiger partial charge in [-0.2, -0.15) is 18.2 Å². The molecule has 2 heterocycles. The van der Waals surface area contributed by atoms with Crippen LogP contribution in [0.25, 0.3) is 11.4 Å². The van der Waals surface area contributed by atoms with E-state index < -0.39 is 11.7 Å². The largest absolute Gasteiger partial charge is 0.497 e. The van der Waals surface area contributed by atoms with Gasteiger partial charge in [0.2, 0.25) is 11.7 Å². The zero-order valence-corrected chi connectivity index (χ0v) is 14.8. The van der Waals surface area contributed by atoms with Crippen LogP contribution in [-0.2, 0) is 6.18 Å². The van der Waals surface area contributed by atoms with Gasteiger partial charge in [0, 0.05) is 11.6 Å². The first-order chi connectivity index (χ1) is 13.4. The number of ether oxygens (including phenoxy) is 1. The number of nitrogens with one attached hydrogen (secondary N) is 2. The zero-order chi connectivity index (χ0) is 19.7. The van der Waals surface area contributed by atoms with Crippen molar-refractivity contribution in [3.8, 4) is 17.1 Å². The number of halogens is 3. The minimum atomic E-state index is -4.43. The van der Waals surface area contributed by atoms with E-state index in [0.717, 1.165) is 23.4 Å². The molecule has 0 aliphatic carbocycles. The maximum atomic E-state index is 12.9. The Kier molecular flexibility index (Phi) is 4.78. The van der Waals surface area contributed by atoms with Gasteiger partial charge >= 0.3 is 6.18 Å². The van der Waals surface area contributed by atoms with Gasteiger partial charge in [-0.05, 0) is 36.2 Å². The molecule has 2 N–H and O–H groups in total. The molecule has 1 saturated heterocycles. The summed E-state index contributed by atoms with van der Waals surface area (Å²) in [6.45, 7) is 0. The predicted octanol–water partition coefficient (Wildman–Crippen LogP) is 4.04. The lowest BCUT2D eigenvalue weighted by atomic mass is 10.0. The number of methoxy groups -OCH3 is 1. The molecule has 0 bridgehead atoms. The van der Waals surface area contributed by atoms with E-state index in [4.69, 9.17) is 9.26 Å². The van der Waals surface area contributed by atoms with Gasteiger partial charge in [0.25, 0.3) is 0 Å². The highest BCUT2D eigenvalue weighted by Gasteiger charge is 2.32. The lowest BCUT2D eigenvalue weighted by molar-refractivity contribution is -0.137. The van der Waals surface area contributed by atoms with Gasteiger partial charge in [-0.1, -0.05) is 29.4 Å². The fourth-order valence-corrected chi connectivity index (χ4v) is 3.12. The highest BCUT2D eigenvalue weighted by molar-refractivity contribution is 5.55. The van der Waals surface area contributed by atoms with Gasteiger partial charge in [0.05, 0.1) is 12.7 Å². The first-order valence-corrected chi connectivity index (χ1v) is 8.60. The average Bonchev–Trinajstić information content (AvgIpc) is 3.37. The maximum Gasteiger partial charge on any atom is 0.416 e. The molecular formula is C19H17F3N4O2. The van der Waals surface area contributed by atoms with Gasteiger partial charge in [-0.15, -0.1) is 0 Å². The lowest BCUT2D eigenvalue weighted by Gasteiger charge is -2.10. The van der Waals surface area contributed by atoms with E-state index in [9.17, 15) is 13.2 Å². The average molecular weight is 390 g/mol. The van der Waals surface area contributed by atoms with Crippen molar-refractivity contribution in [2.45, 2.75) is 24.7 Å². The number of rotatable bonds is 4. The van der Waals surface area contributed by atoms with Gasteiger partial charge in [-0.3, -0.25) is 0 Å². The third kappa shape index (κ3) is 3.71. The van der Waals surface area contributed by atoms with E-state index in [2.05, 4.69) is 21.0 Å². The molecule has 2 unspecified atom stereocenters. The number of benzene rings is 2. The molecule has 6 nitrogen and oxygen atoms in total. The van der Waals surface area contributed by atoms with E-state index >= 15 is 0 Å². The summed E-state index contributed by atoms with van der Waals surface area (Å²) in [5.41, 5.74) is 6.79. The molecule has 1 aromatic heterocycles. The third-order valence-corrected chi connectivity index (χ3v) is 4.59. The molecule has 9 heteroatoms. The minimum absolute atomic E-state index is 0.00371. The molecule has 2 atom stereocenters. The third-order valence-electron chi connectivity index (χ3n) is 4.59. The molecule has 146 valence electrons. The van der Waals surface area contributed by atoms with Crippen LogP contribution in [0.4, 0.5) is 13.2 Å². The van der Waals surface area contributed by atoms with E-state index in [0.29, 0.717) is 12.3 Å². The standard InChI is InChI=1S/C19H17F3N4O2/c1-27-14-7-3-4-11(9-14)15-10-16(25-24-15)18-23-17(26-28-18)12-5-2-6-13(8-12)19(20,21)22/h2-9,15-16,24-25H,10H2,1H3. The summed E-state index contributed by atoms with van der Waals surface area (Å²) in [4.78, 5) is 4.28. The van der Waals surface area contributed by atoms with Crippen molar-refractivity contribution in [2.75, 3.05) is 7.11 Å². The van der Waals surface area contributed by atoms with Crippen LogP contribution >= 0.6 is 0 Å². The quantitative estimate of drug-likeness (QED) is 0.701. The number of hydrazine groups is 1. The summed E-state index contributed by atoms with van der Waals surface area (Å²) in [6.07, 6.45) is -3.79. The fourth-order valence-electron chi connectivity index (χ4n) is 3.12. The van der Waals surface area contributed by atoms with Crippen LogP contribution in [0.2, 0.25) is 0 Å². The molecule has 0 spiro atoms. The number of hydrogen-bond donors (Lipinski definition) is 2. The van der Waals surface area contributed by atoms with Crippen LogP contribution < -0.4 is 15.6 Å². The second-order valence-electron chi connectivity index (χ2n) is 6.44. The Morgan fingerprint density at radius 2 is 1.86 bits per heavy atom. The van der Waals surface area contributed by atoms with Crippen molar-refractivity contribution in [3.05, 3.63) is 65.5 Å². The first-order valence-electron chi connectivity index (χ1n) is 8.60. The number of alkyl halides is 3. The van der Waals surface area contributed by atoms with E-state index in [1.807, 2.05) is 24.3 Å². The monoisotopic (exact) mass is 390 g/mol. The van der Waals surface area contributed by atoms with Gasteiger partial charge < -0.3 is 9.26 Å². The van der Waals surface area contributed by atoms with E-state index in [1.165, 1.54) is 12.1 Å². The van der Waals surface area contributed by atoms with Gasteiger partial charge in [-0.25, -0.2) is 10.9 Å². The van der Waals surface area contributed by atoms with Crippen LogP contribution in [0.15, 0.2) is 53.1 Å². The van der Waals surface area contributed by atoms with E-state index in [-0.39, 0.29) is 23.5 Å². The number of hydrogen-bond acceptors (Lipinski definition) is 6. The van der Waals surface area contributed by atoms with Gasteiger partial charge in [0.1, 0.15) is 11.8 Å². The molecule has 1 aliphatic heterocycles. The Hall–Kier alpha value is -2.91. The normalized spacial score (nSPS) is 19.7. The van der Waals surface area contributed by atoms with Crippen molar-refractivity contribution in [1.82, 2.24) is 21.0 Å². The summed E-state index contributed by atoms with van der Waals surface area (Å²) < 4.78 is 49.2. The zero-order valence-electron chi connectivity index (χ0n) is 14.8. The van der Waals surface area contributed by atoms with Crippen LogP contribution in [-0.4, -0.2) is 17.3 Å². The molecule has 1 aliphatic rings. The van der Waals surface area contributed by atoms with Crippen LogP contribution in [0, 0.1) is 0 Å². The van der Waals surface area contributed by atoms with Crippen LogP contribution in [0.1, 0.15) is 35.5 Å². The first kappa shape index (κ1) is 18.5. The molecule has 28 heavy (non-hydrogen) atoms. The maximum absolute atomic E-state index is 12.9. The fraction of sp³-hybridized carbons (Fsp3) is 0.263. The summed E-state index contributed by atoms with van der Waals surface area (Å²) >= 11 is 0. The summed E-state index contributed by atoms with van der Waals surface area (Å²) in [6, 6.07) is 12.3. The Morgan fingerprint density at radius 3 is 2.64 bits per heavy atom. The highest BCUT2D eigenvalue weighted by atomic mass is 19.4. The summed E-state index contributed by atoms with van der Waals surface area (Å²) in [5, 5.41) is 3.84. The van der Waals surface area contributed by atoms with Crippen molar-refractivity contribution in [3.63, 3.8) is 0 Å². The molecule has 0 saturated carbocycles. The van der Waals surface area contributed by atoms with Crippen molar-refractivity contribution in [1.29, 1.82) is 0 Å². The lowest BCUT2D eigenvalue weighted by Crippen LogP contribution is -2.26. The Bertz CT molecular complexity index is 974. The molecule has 0 amide bonds. The topological polar surface area (TPSA) is 72.2 Å². The second-order valence-corrected chi connectivity index (χ2v) is 6.44. The molecule has 2 aromatic carbocycles. The molecule has 1 fully saturated rings. The predicted molar refractivity (Wildman–Crippen MR) is 94.1 cm³/mol. The van der Waals surface area contributed by atoms with Crippen LogP contribution in [0.5, 0.6) is 5.75 Å². The van der Waals surface area contributed by atoms with Crippen LogP contribution in [0.3, 0.4) is 0 Å². The second kappa shape index (κ2) is 7.25. The summed E-state index contributed by atoms with van der Waals surface area (Å²) in [5.74, 6) is 1.19. The van der Waals surface area contributed by atoms with Crippen molar-refractivity contribution >= 4 is 0 Å². The minimum Gasteiger partial charge on any atom is -0.497 e. The molecule has 3 aromatic rings. The Morgan fingerprint density at radius 1 is 1.07 bits per heavy atom. The van der Waals surface area contributed by atoms with E-state index in [1.54, 1.807) is 7.11 Å². The molecular weight excluding hydrogens is 373 g/mol. The van der Waals surface area contributed by atoms with Crippen molar-refractivity contribution in [2.24, 2.45) is 0 Å². The smallest absolute Gasteiger partial charge is 0.416 e. The summed E-state index contributed by atoms with van der Waals surface area (Å²) in [7, 11) is 1.61. The number of nitrogens with zero attached hydrogens (tertiary/aromatic N) is 2. The molecule has 0 radical (unpaired) electrons. The molecule has 4 rings (SSSR count). The highest BCUT2D eigenvalue weighted by Crippen LogP contribution is 2.34. The van der Waals surface area contributed by atoms with Crippen molar-refractivity contribution < 1.29 is 22.4 Å².